The standard InChI is InChI=1S/C18H18BrN3O3/c19-14-10-13(18(23)17(11-14)22(24)25)12-20-15-6-2-3-7-16(15)21-8-4-1-5-9-21/h2-3,6-7,10-12,23H,1,4-5,8-9H2. The van der Waals surface area contributed by atoms with Gasteiger partial charge in [0.25, 0.3) is 0 Å². The number of benzene rings is 2. The molecule has 0 amide bonds. The molecule has 6 nitrogen and oxygen atoms in total. The van der Waals surface area contributed by atoms with Gasteiger partial charge in [-0.15, -0.1) is 0 Å². The summed E-state index contributed by atoms with van der Waals surface area (Å²) in [7, 11) is 0. The lowest BCUT2D eigenvalue weighted by Crippen LogP contribution is -2.29. The Labute approximate surface area is 154 Å². The Balaban J connectivity index is 1.94. The van der Waals surface area contributed by atoms with Crippen molar-refractivity contribution in [3.8, 4) is 5.75 Å². The minimum absolute atomic E-state index is 0.300. The van der Waals surface area contributed by atoms with Crippen molar-refractivity contribution in [2.24, 2.45) is 4.99 Å². The van der Waals surface area contributed by atoms with Crippen molar-refractivity contribution in [2.75, 3.05) is 18.0 Å². The number of phenolic OH excluding ortho intramolecular Hbond substituents is 1. The van der Waals surface area contributed by atoms with Crippen molar-refractivity contribution in [1.82, 2.24) is 0 Å². The van der Waals surface area contributed by atoms with Gasteiger partial charge in [-0.2, -0.15) is 0 Å². The smallest absolute Gasteiger partial charge is 0.312 e. The molecule has 0 atom stereocenters. The highest BCUT2D eigenvalue weighted by atomic mass is 79.9. The quantitative estimate of drug-likeness (QED) is 0.451. The minimum atomic E-state index is -0.612. The number of halogens is 1. The van der Waals surface area contributed by atoms with Gasteiger partial charge in [-0.25, -0.2) is 0 Å². The molecule has 2 aromatic carbocycles. The second kappa shape index (κ2) is 7.65. The maximum absolute atomic E-state index is 11.0. The molecular formula is C18H18BrN3O3. The highest BCUT2D eigenvalue weighted by Gasteiger charge is 2.18. The molecule has 0 aliphatic carbocycles. The Morgan fingerprint density at radius 3 is 2.64 bits per heavy atom. The van der Waals surface area contributed by atoms with Crippen LogP contribution in [0.25, 0.3) is 0 Å². The zero-order chi connectivity index (χ0) is 17.8. The molecule has 25 heavy (non-hydrogen) atoms. The van der Waals surface area contributed by atoms with E-state index in [9.17, 15) is 15.2 Å². The number of para-hydroxylation sites is 2. The van der Waals surface area contributed by atoms with E-state index in [2.05, 4.69) is 25.8 Å². The summed E-state index contributed by atoms with van der Waals surface area (Å²) in [6, 6.07) is 10.7. The number of rotatable bonds is 4. The number of piperidine rings is 1. The van der Waals surface area contributed by atoms with E-state index >= 15 is 0 Å². The number of nitro benzene ring substituents is 1. The van der Waals surface area contributed by atoms with Crippen LogP contribution >= 0.6 is 15.9 Å². The molecular weight excluding hydrogens is 386 g/mol. The predicted octanol–water partition coefficient (Wildman–Crippen LogP) is 4.80. The van der Waals surface area contributed by atoms with E-state index in [0.29, 0.717) is 10.0 Å². The third-order valence-corrected chi connectivity index (χ3v) is 4.66. The van der Waals surface area contributed by atoms with Crippen LogP contribution in [0.1, 0.15) is 24.8 Å². The van der Waals surface area contributed by atoms with Gasteiger partial charge in [0.1, 0.15) is 0 Å². The summed E-state index contributed by atoms with van der Waals surface area (Å²) in [5.41, 5.74) is 1.78. The fourth-order valence-electron chi connectivity index (χ4n) is 2.96. The summed E-state index contributed by atoms with van der Waals surface area (Å²) in [6.45, 7) is 2.00. The van der Waals surface area contributed by atoms with Gasteiger partial charge >= 0.3 is 5.69 Å². The summed E-state index contributed by atoms with van der Waals surface area (Å²) in [4.78, 5) is 17.2. The summed E-state index contributed by atoms with van der Waals surface area (Å²) >= 11 is 3.23. The van der Waals surface area contributed by atoms with Crippen LogP contribution in [0.5, 0.6) is 5.75 Å². The van der Waals surface area contributed by atoms with Crippen molar-refractivity contribution < 1.29 is 10.0 Å². The highest BCUT2D eigenvalue weighted by Crippen LogP contribution is 2.34. The molecule has 7 heteroatoms. The van der Waals surface area contributed by atoms with Crippen molar-refractivity contribution in [3.63, 3.8) is 0 Å². The highest BCUT2D eigenvalue weighted by molar-refractivity contribution is 9.10. The van der Waals surface area contributed by atoms with E-state index in [-0.39, 0.29) is 11.4 Å². The average molecular weight is 404 g/mol. The molecule has 2 aromatic rings. The molecule has 1 aliphatic rings. The zero-order valence-electron chi connectivity index (χ0n) is 13.6. The molecule has 0 spiro atoms. The summed E-state index contributed by atoms with van der Waals surface area (Å²) in [5.74, 6) is -0.382. The first kappa shape index (κ1) is 17.4. The van der Waals surface area contributed by atoms with Crippen LogP contribution in [-0.4, -0.2) is 29.3 Å². The molecule has 1 N–H and O–H groups in total. The van der Waals surface area contributed by atoms with Crippen LogP contribution in [0.3, 0.4) is 0 Å². The summed E-state index contributed by atoms with van der Waals surface area (Å²) in [6.07, 6.45) is 5.04. The van der Waals surface area contributed by atoms with Gasteiger partial charge in [-0.3, -0.25) is 15.1 Å². The third kappa shape index (κ3) is 3.99. The third-order valence-electron chi connectivity index (χ3n) is 4.20. The van der Waals surface area contributed by atoms with E-state index in [0.717, 1.165) is 37.3 Å². The first-order valence-electron chi connectivity index (χ1n) is 8.11. The molecule has 0 unspecified atom stereocenters. The molecule has 0 saturated carbocycles. The topological polar surface area (TPSA) is 79.0 Å². The number of aliphatic imine (C=N–C) groups is 1. The first-order valence-corrected chi connectivity index (χ1v) is 8.90. The van der Waals surface area contributed by atoms with E-state index in [4.69, 9.17) is 0 Å². The summed E-state index contributed by atoms with van der Waals surface area (Å²) < 4.78 is 0.516. The molecule has 3 rings (SSSR count). The Bertz CT molecular complexity index is 817. The molecule has 1 heterocycles. The number of hydrogen-bond acceptors (Lipinski definition) is 5. The average Bonchev–Trinajstić information content (AvgIpc) is 2.63. The SMILES string of the molecule is O=[N+]([O-])c1cc(Br)cc(C=Nc2ccccc2N2CCCCC2)c1O. The number of anilines is 1. The largest absolute Gasteiger partial charge is 0.502 e. The van der Waals surface area contributed by atoms with Crippen molar-refractivity contribution in [1.29, 1.82) is 0 Å². The fourth-order valence-corrected chi connectivity index (χ4v) is 3.42. The lowest BCUT2D eigenvalue weighted by Gasteiger charge is -2.29. The predicted molar refractivity (Wildman–Crippen MR) is 102 cm³/mol. The lowest BCUT2D eigenvalue weighted by atomic mass is 10.1. The molecule has 1 saturated heterocycles. The van der Waals surface area contributed by atoms with Gasteiger partial charge in [-0.05, 0) is 37.5 Å². The number of nitro groups is 1. The maximum atomic E-state index is 11.0. The molecule has 0 aromatic heterocycles. The number of aromatic hydroxyl groups is 1. The Kier molecular flexibility index (Phi) is 5.33. The monoisotopic (exact) mass is 403 g/mol. The molecule has 0 bridgehead atoms. The van der Waals surface area contributed by atoms with E-state index in [1.54, 1.807) is 6.07 Å². The first-order chi connectivity index (χ1) is 12.1. The molecule has 130 valence electrons. The lowest BCUT2D eigenvalue weighted by molar-refractivity contribution is -0.385. The van der Waals surface area contributed by atoms with Gasteiger partial charge in [0.05, 0.1) is 16.3 Å². The fraction of sp³-hybridized carbons (Fsp3) is 0.278. The number of nitrogens with zero attached hydrogens (tertiary/aromatic N) is 3. The van der Waals surface area contributed by atoms with Crippen LogP contribution in [0, 0.1) is 10.1 Å². The van der Waals surface area contributed by atoms with Crippen LogP contribution in [0.4, 0.5) is 17.1 Å². The maximum Gasteiger partial charge on any atom is 0.312 e. The van der Waals surface area contributed by atoms with Crippen molar-refractivity contribution >= 4 is 39.2 Å². The van der Waals surface area contributed by atoms with E-state index in [1.165, 1.54) is 18.7 Å². The van der Waals surface area contributed by atoms with Gasteiger partial charge in [0.15, 0.2) is 0 Å². The Morgan fingerprint density at radius 2 is 1.92 bits per heavy atom. The van der Waals surface area contributed by atoms with Gasteiger partial charge < -0.3 is 10.0 Å². The number of phenols is 1. The second-order valence-electron chi connectivity index (χ2n) is 5.91. The van der Waals surface area contributed by atoms with Gasteiger partial charge in [-0.1, -0.05) is 28.1 Å². The Hall–Kier alpha value is -2.41. The van der Waals surface area contributed by atoms with Crippen molar-refractivity contribution in [3.05, 3.63) is 56.5 Å². The van der Waals surface area contributed by atoms with Crippen LogP contribution in [0.2, 0.25) is 0 Å². The molecule has 0 radical (unpaired) electrons. The molecule has 1 aliphatic heterocycles. The normalized spacial score (nSPS) is 14.8. The zero-order valence-corrected chi connectivity index (χ0v) is 15.1. The van der Waals surface area contributed by atoms with Crippen LogP contribution in [0.15, 0.2) is 45.9 Å². The molecule has 1 fully saturated rings. The van der Waals surface area contributed by atoms with Crippen LogP contribution < -0.4 is 4.90 Å². The second-order valence-corrected chi connectivity index (χ2v) is 6.83. The minimum Gasteiger partial charge on any atom is -0.502 e. The van der Waals surface area contributed by atoms with E-state index in [1.807, 2.05) is 24.3 Å². The van der Waals surface area contributed by atoms with Gasteiger partial charge in [0, 0.05) is 35.4 Å². The van der Waals surface area contributed by atoms with Gasteiger partial charge in [0.2, 0.25) is 5.75 Å². The van der Waals surface area contributed by atoms with Crippen molar-refractivity contribution in [2.45, 2.75) is 19.3 Å². The summed E-state index contributed by atoms with van der Waals surface area (Å²) in [5, 5.41) is 21.2. The Morgan fingerprint density at radius 1 is 1.20 bits per heavy atom. The van der Waals surface area contributed by atoms with E-state index < -0.39 is 4.92 Å². The number of hydrogen-bond donors (Lipinski definition) is 1. The van der Waals surface area contributed by atoms with Crippen LogP contribution in [-0.2, 0) is 0 Å².